The summed E-state index contributed by atoms with van der Waals surface area (Å²) in [6, 6.07) is -0.699. The number of esters is 1. The Balaban J connectivity index is 2.77. The van der Waals surface area contributed by atoms with Gasteiger partial charge in [0.2, 0.25) is 0 Å². The molecule has 0 saturated carbocycles. The van der Waals surface area contributed by atoms with Crippen LogP contribution in [0.1, 0.15) is 20.8 Å². The Morgan fingerprint density at radius 1 is 1.30 bits per heavy atom. The first-order chi connectivity index (χ1) is 9.28. The monoisotopic (exact) mass is 288 g/mol. The van der Waals surface area contributed by atoms with Crippen molar-refractivity contribution >= 4 is 12.1 Å². The van der Waals surface area contributed by atoms with Gasteiger partial charge in [-0.05, 0) is 20.8 Å². The minimum atomic E-state index is -0.699. The van der Waals surface area contributed by atoms with Crippen molar-refractivity contribution in [1.29, 1.82) is 0 Å². The molecule has 1 aliphatic heterocycles. The second-order valence-corrected chi connectivity index (χ2v) is 5.74. The Hall–Kier alpha value is -1.34. The standard InChI is InChI=1S/C13H24N2O5/c1-13(2,3)20-12(18)15-6-5-14(7-8-16)9-10(15)11(17)19-4/h10,16H,5-9H2,1-4H3/t10-/m0/s1. The summed E-state index contributed by atoms with van der Waals surface area (Å²) < 4.78 is 10.1. The zero-order chi connectivity index (χ0) is 15.3. The number of hydrogen-bond donors (Lipinski definition) is 1. The van der Waals surface area contributed by atoms with Crippen LogP contribution in [-0.2, 0) is 14.3 Å². The van der Waals surface area contributed by atoms with Crippen LogP contribution in [0.4, 0.5) is 4.79 Å². The van der Waals surface area contributed by atoms with E-state index in [0.717, 1.165) is 0 Å². The molecule has 1 saturated heterocycles. The lowest BCUT2D eigenvalue weighted by atomic mass is 10.1. The summed E-state index contributed by atoms with van der Waals surface area (Å²) in [7, 11) is 1.29. The molecule has 1 amide bonds. The lowest BCUT2D eigenvalue weighted by molar-refractivity contribution is -0.149. The fraction of sp³-hybridized carbons (Fsp3) is 0.846. The average Bonchev–Trinajstić information content (AvgIpc) is 2.36. The SMILES string of the molecule is COC(=O)[C@@H]1CN(CCO)CCN1C(=O)OC(C)(C)C. The molecule has 0 bridgehead atoms. The van der Waals surface area contributed by atoms with E-state index in [1.165, 1.54) is 12.0 Å². The highest BCUT2D eigenvalue weighted by Gasteiger charge is 2.37. The molecular formula is C13H24N2O5. The summed E-state index contributed by atoms with van der Waals surface area (Å²) >= 11 is 0. The number of carbonyl (C=O) groups is 2. The molecule has 1 N–H and O–H groups in total. The Bertz CT molecular complexity index is 353. The van der Waals surface area contributed by atoms with Crippen LogP contribution in [0.25, 0.3) is 0 Å². The number of carbonyl (C=O) groups excluding carboxylic acids is 2. The van der Waals surface area contributed by atoms with Gasteiger partial charge in [-0.3, -0.25) is 9.80 Å². The highest BCUT2D eigenvalue weighted by Crippen LogP contribution is 2.16. The number of amides is 1. The quantitative estimate of drug-likeness (QED) is 0.741. The topological polar surface area (TPSA) is 79.3 Å². The number of methoxy groups -OCH3 is 1. The molecule has 0 aliphatic carbocycles. The van der Waals surface area contributed by atoms with Gasteiger partial charge in [0.25, 0.3) is 0 Å². The second-order valence-electron chi connectivity index (χ2n) is 5.74. The Morgan fingerprint density at radius 3 is 2.45 bits per heavy atom. The lowest BCUT2D eigenvalue weighted by Crippen LogP contribution is -2.59. The minimum absolute atomic E-state index is 0.0142. The molecule has 1 atom stereocenters. The van der Waals surface area contributed by atoms with Crippen molar-refractivity contribution in [2.75, 3.05) is 39.9 Å². The van der Waals surface area contributed by atoms with Crippen molar-refractivity contribution in [3.8, 4) is 0 Å². The van der Waals surface area contributed by atoms with Gasteiger partial charge in [0.15, 0.2) is 0 Å². The third-order valence-electron chi connectivity index (χ3n) is 2.98. The Morgan fingerprint density at radius 2 is 1.95 bits per heavy atom. The molecule has 0 unspecified atom stereocenters. The van der Waals surface area contributed by atoms with Crippen LogP contribution in [0.2, 0.25) is 0 Å². The summed E-state index contributed by atoms with van der Waals surface area (Å²) in [6.45, 7) is 7.12. The van der Waals surface area contributed by atoms with E-state index in [1.54, 1.807) is 20.8 Å². The lowest BCUT2D eigenvalue weighted by Gasteiger charge is -2.39. The van der Waals surface area contributed by atoms with Crippen LogP contribution in [0, 0.1) is 0 Å². The van der Waals surface area contributed by atoms with E-state index in [1.807, 2.05) is 4.90 Å². The maximum Gasteiger partial charge on any atom is 0.411 e. The second kappa shape index (κ2) is 6.90. The van der Waals surface area contributed by atoms with E-state index < -0.39 is 23.7 Å². The molecule has 7 nitrogen and oxygen atoms in total. The number of piperazine rings is 1. The van der Waals surface area contributed by atoms with E-state index >= 15 is 0 Å². The highest BCUT2D eigenvalue weighted by molar-refractivity contribution is 5.82. The number of ether oxygens (including phenoxy) is 2. The smallest absolute Gasteiger partial charge is 0.411 e. The van der Waals surface area contributed by atoms with Gasteiger partial charge >= 0.3 is 12.1 Å². The van der Waals surface area contributed by atoms with E-state index in [0.29, 0.717) is 26.2 Å². The third-order valence-corrected chi connectivity index (χ3v) is 2.98. The highest BCUT2D eigenvalue weighted by atomic mass is 16.6. The third kappa shape index (κ3) is 4.64. The number of hydrogen-bond acceptors (Lipinski definition) is 6. The number of nitrogens with zero attached hydrogens (tertiary/aromatic N) is 2. The normalized spacial score (nSPS) is 20.6. The number of rotatable bonds is 3. The number of aliphatic hydroxyl groups is 1. The summed E-state index contributed by atoms with van der Waals surface area (Å²) in [4.78, 5) is 27.3. The zero-order valence-electron chi connectivity index (χ0n) is 12.6. The molecule has 0 radical (unpaired) electrons. The van der Waals surface area contributed by atoms with Gasteiger partial charge < -0.3 is 14.6 Å². The summed E-state index contributed by atoms with van der Waals surface area (Å²) in [5.74, 6) is -0.474. The van der Waals surface area contributed by atoms with Crippen LogP contribution in [0.15, 0.2) is 0 Å². The molecule has 7 heteroatoms. The fourth-order valence-corrected chi connectivity index (χ4v) is 2.06. The van der Waals surface area contributed by atoms with E-state index in [2.05, 4.69) is 0 Å². The van der Waals surface area contributed by atoms with Crippen molar-refractivity contribution in [2.45, 2.75) is 32.4 Å². The minimum Gasteiger partial charge on any atom is -0.467 e. The molecule has 0 spiro atoms. The molecule has 20 heavy (non-hydrogen) atoms. The van der Waals surface area contributed by atoms with E-state index in [9.17, 15) is 9.59 Å². The molecule has 0 aromatic heterocycles. The molecule has 116 valence electrons. The van der Waals surface area contributed by atoms with Crippen molar-refractivity contribution in [2.24, 2.45) is 0 Å². The molecule has 1 aliphatic rings. The van der Waals surface area contributed by atoms with Crippen LogP contribution < -0.4 is 0 Å². The molecular weight excluding hydrogens is 264 g/mol. The number of β-amino-alcohol motifs (C(OH)–C–C–N with tert-alkyl or cyclic N) is 1. The maximum absolute atomic E-state index is 12.1. The largest absolute Gasteiger partial charge is 0.467 e. The molecule has 1 heterocycles. The van der Waals surface area contributed by atoms with Gasteiger partial charge in [-0.2, -0.15) is 0 Å². The van der Waals surface area contributed by atoms with Gasteiger partial charge in [-0.15, -0.1) is 0 Å². The van der Waals surface area contributed by atoms with Gasteiger partial charge in [0.1, 0.15) is 11.6 Å². The molecule has 0 aromatic rings. The maximum atomic E-state index is 12.1. The number of aliphatic hydroxyl groups excluding tert-OH is 1. The predicted molar refractivity (Wildman–Crippen MR) is 72.3 cm³/mol. The summed E-state index contributed by atoms with van der Waals surface area (Å²) in [5.41, 5.74) is -0.611. The first-order valence-electron chi connectivity index (χ1n) is 6.69. The molecule has 1 fully saturated rings. The van der Waals surface area contributed by atoms with Gasteiger partial charge in [-0.25, -0.2) is 9.59 Å². The van der Waals surface area contributed by atoms with E-state index in [4.69, 9.17) is 14.6 Å². The molecule has 1 rings (SSSR count). The van der Waals surface area contributed by atoms with Gasteiger partial charge in [0, 0.05) is 26.2 Å². The summed E-state index contributed by atoms with van der Waals surface area (Å²) in [6.07, 6.45) is -0.517. The average molecular weight is 288 g/mol. The van der Waals surface area contributed by atoms with Crippen LogP contribution in [0.3, 0.4) is 0 Å². The first-order valence-corrected chi connectivity index (χ1v) is 6.69. The van der Waals surface area contributed by atoms with Crippen LogP contribution >= 0.6 is 0 Å². The van der Waals surface area contributed by atoms with Crippen LogP contribution in [0.5, 0.6) is 0 Å². The first kappa shape index (κ1) is 16.7. The zero-order valence-corrected chi connectivity index (χ0v) is 12.6. The molecule has 0 aromatic carbocycles. The van der Waals surface area contributed by atoms with Crippen molar-refractivity contribution in [3.05, 3.63) is 0 Å². The van der Waals surface area contributed by atoms with Crippen LogP contribution in [-0.4, -0.2) is 78.5 Å². The Kier molecular flexibility index (Phi) is 5.76. The van der Waals surface area contributed by atoms with Gasteiger partial charge in [-0.1, -0.05) is 0 Å². The van der Waals surface area contributed by atoms with Crippen molar-refractivity contribution in [1.82, 2.24) is 9.80 Å². The fourth-order valence-electron chi connectivity index (χ4n) is 2.06. The predicted octanol–water partition coefficient (Wildman–Crippen LogP) is 0.0730. The van der Waals surface area contributed by atoms with E-state index in [-0.39, 0.29) is 6.61 Å². The Labute approximate surface area is 119 Å². The van der Waals surface area contributed by atoms with Crippen molar-refractivity contribution in [3.63, 3.8) is 0 Å². The van der Waals surface area contributed by atoms with Crippen molar-refractivity contribution < 1.29 is 24.2 Å². The van der Waals surface area contributed by atoms with Gasteiger partial charge in [0.05, 0.1) is 13.7 Å². The summed E-state index contributed by atoms with van der Waals surface area (Å²) in [5, 5.41) is 8.97.